The minimum atomic E-state index is -1.35. The van der Waals surface area contributed by atoms with Crippen molar-refractivity contribution in [3.63, 3.8) is 0 Å². The van der Waals surface area contributed by atoms with Crippen molar-refractivity contribution in [3.8, 4) is 17.2 Å². The molecule has 4 rings (SSSR count). The van der Waals surface area contributed by atoms with E-state index >= 15 is 0 Å². The summed E-state index contributed by atoms with van der Waals surface area (Å²) in [6.07, 6.45) is 0.399. The number of benzene rings is 2. The van der Waals surface area contributed by atoms with Crippen LogP contribution in [0.1, 0.15) is 37.3 Å². The first-order valence-electron chi connectivity index (χ1n) is 10.1. The number of fused-ring (bicyclic) bond motifs is 3. The maximum absolute atomic E-state index is 13.3. The normalized spacial score (nSPS) is 24.2. The van der Waals surface area contributed by atoms with Gasteiger partial charge in [-0.1, -0.05) is 44.2 Å². The van der Waals surface area contributed by atoms with Crippen LogP contribution in [0.2, 0.25) is 0 Å². The second-order valence-electron chi connectivity index (χ2n) is 8.25. The highest BCUT2D eigenvalue weighted by Crippen LogP contribution is 2.66. The molecule has 0 bridgehead atoms. The van der Waals surface area contributed by atoms with Gasteiger partial charge in [0.25, 0.3) is 0 Å². The number of hydrogen-bond acceptors (Lipinski definition) is 6. The molecule has 2 aliphatic rings. The first-order valence-corrected chi connectivity index (χ1v) is 10.1. The molecule has 2 aromatic rings. The zero-order valence-corrected chi connectivity index (χ0v) is 17.6. The van der Waals surface area contributed by atoms with Gasteiger partial charge in [-0.2, -0.15) is 0 Å². The second kappa shape index (κ2) is 7.67. The molecule has 1 fully saturated rings. The van der Waals surface area contributed by atoms with Gasteiger partial charge in [-0.25, -0.2) is 0 Å². The fraction of sp³-hybridized carbons (Fsp3) is 0.417. The van der Waals surface area contributed by atoms with Crippen molar-refractivity contribution in [2.24, 2.45) is 17.3 Å². The van der Waals surface area contributed by atoms with Crippen LogP contribution < -0.4 is 14.2 Å². The van der Waals surface area contributed by atoms with Crippen LogP contribution in [0.4, 0.5) is 0 Å². The monoisotopic (exact) mass is 410 g/mol. The van der Waals surface area contributed by atoms with E-state index < -0.39 is 17.4 Å². The Morgan fingerprint density at radius 1 is 1.17 bits per heavy atom. The van der Waals surface area contributed by atoms with Crippen LogP contribution in [0.3, 0.4) is 0 Å². The zero-order chi connectivity index (χ0) is 21.5. The Labute approximate surface area is 176 Å². The van der Waals surface area contributed by atoms with Crippen molar-refractivity contribution < 1.29 is 28.5 Å². The van der Waals surface area contributed by atoms with Gasteiger partial charge in [-0.05, 0) is 23.8 Å². The van der Waals surface area contributed by atoms with E-state index in [0.29, 0.717) is 23.7 Å². The molecule has 0 amide bonds. The van der Waals surface area contributed by atoms with Gasteiger partial charge in [0.2, 0.25) is 0 Å². The summed E-state index contributed by atoms with van der Waals surface area (Å²) in [5.74, 6) is 0.396. The van der Waals surface area contributed by atoms with Crippen LogP contribution in [0, 0.1) is 17.3 Å². The van der Waals surface area contributed by atoms with Crippen molar-refractivity contribution >= 4 is 11.9 Å². The summed E-state index contributed by atoms with van der Waals surface area (Å²) in [5.41, 5.74) is 0.253. The summed E-state index contributed by atoms with van der Waals surface area (Å²) in [5, 5.41) is 0. The van der Waals surface area contributed by atoms with Gasteiger partial charge in [0.1, 0.15) is 23.9 Å². The van der Waals surface area contributed by atoms with E-state index in [1.54, 1.807) is 19.2 Å². The lowest BCUT2D eigenvalue weighted by Crippen LogP contribution is -2.61. The number of methoxy groups -OCH3 is 2. The lowest BCUT2D eigenvalue weighted by Gasteiger charge is -2.55. The predicted molar refractivity (Wildman–Crippen MR) is 110 cm³/mol. The van der Waals surface area contributed by atoms with Gasteiger partial charge in [0.05, 0.1) is 14.2 Å². The SMILES string of the molecule is COc1cc(OC)c2c(c1)OC(=O)[C@@]1(C(=O)OCc3ccccc3)C[C@H](C(C)C)[C@@H]21. The fourth-order valence-corrected chi connectivity index (χ4v) is 4.70. The summed E-state index contributed by atoms with van der Waals surface area (Å²) in [6, 6.07) is 12.8. The minimum absolute atomic E-state index is 0.111. The van der Waals surface area contributed by atoms with Gasteiger partial charge in [-0.3, -0.25) is 9.59 Å². The third-order valence-electron chi connectivity index (χ3n) is 6.36. The van der Waals surface area contributed by atoms with Gasteiger partial charge in [0.15, 0.2) is 5.41 Å². The Hall–Kier alpha value is -3.02. The summed E-state index contributed by atoms with van der Waals surface area (Å²) < 4.78 is 22.2. The molecule has 1 aliphatic heterocycles. The Balaban J connectivity index is 1.73. The van der Waals surface area contributed by atoms with Crippen LogP contribution in [-0.4, -0.2) is 26.2 Å². The zero-order valence-electron chi connectivity index (χ0n) is 17.6. The van der Waals surface area contributed by atoms with Gasteiger partial charge in [-0.15, -0.1) is 0 Å². The first-order chi connectivity index (χ1) is 14.4. The summed E-state index contributed by atoms with van der Waals surface area (Å²) in [4.78, 5) is 26.4. The smallest absolute Gasteiger partial charge is 0.329 e. The maximum Gasteiger partial charge on any atom is 0.329 e. The lowest BCUT2D eigenvalue weighted by atomic mass is 9.48. The highest BCUT2D eigenvalue weighted by Gasteiger charge is 2.69. The van der Waals surface area contributed by atoms with E-state index in [1.165, 1.54) is 7.11 Å². The highest BCUT2D eigenvalue weighted by molar-refractivity contribution is 6.05. The average molecular weight is 410 g/mol. The Morgan fingerprint density at radius 3 is 2.53 bits per heavy atom. The van der Waals surface area contributed by atoms with Crippen LogP contribution in [-0.2, 0) is 20.9 Å². The molecule has 6 nitrogen and oxygen atoms in total. The number of rotatable bonds is 6. The second-order valence-corrected chi connectivity index (χ2v) is 8.25. The number of esters is 2. The molecule has 6 heteroatoms. The van der Waals surface area contributed by atoms with E-state index in [1.807, 2.05) is 30.3 Å². The Bertz CT molecular complexity index is 967. The molecule has 0 spiro atoms. The predicted octanol–water partition coefficient (Wildman–Crippen LogP) is 4.11. The quantitative estimate of drug-likeness (QED) is 0.405. The molecule has 0 aromatic heterocycles. The number of hydrogen-bond donors (Lipinski definition) is 0. The van der Waals surface area contributed by atoms with E-state index in [9.17, 15) is 9.59 Å². The molecule has 0 unspecified atom stereocenters. The van der Waals surface area contributed by atoms with E-state index in [4.69, 9.17) is 18.9 Å². The number of carbonyl (C=O) groups excluding carboxylic acids is 2. The largest absolute Gasteiger partial charge is 0.496 e. The molecule has 0 saturated heterocycles. The van der Waals surface area contributed by atoms with Gasteiger partial charge < -0.3 is 18.9 Å². The number of carbonyl (C=O) groups is 2. The third-order valence-corrected chi connectivity index (χ3v) is 6.36. The van der Waals surface area contributed by atoms with E-state index in [-0.39, 0.29) is 24.4 Å². The van der Waals surface area contributed by atoms with Crippen molar-refractivity contribution in [3.05, 3.63) is 53.6 Å². The topological polar surface area (TPSA) is 71.1 Å². The molecule has 3 atom stereocenters. The van der Waals surface area contributed by atoms with Crippen LogP contribution in [0.25, 0.3) is 0 Å². The molecule has 158 valence electrons. The molecule has 1 aliphatic carbocycles. The minimum Gasteiger partial charge on any atom is -0.496 e. The molecular formula is C24H26O6. The first kappa shape index (κ1) is 20.3. The van der Waals surface area contributed by atoms with Crippen molar-refractivity contribution in [1.29, 1.82) is 0 Å². The molecule has 30 heavy (non-hydrogen) atoms. The Kier molecular flexibility index (Phi) is 5.18. The highest BCUT2D eigenvalue weighted by atomic mass is 16.6. The molecule has 1 saturated carbocycles. The summed E-state index contributed by atoms with van der Waals surface area (Å²) in [6.45, 7) is 4.30. The summed E-state index contributed by atoms with van der Waals surface area (Å²) in [7, 11) is 3.10. The lowest BCUT2D eigenvalue weighted by molar-refractivity contribution is -0.187. The molecule has 0 radical (unpaired) electrons. The fourth-order valence-electron chi connectivity index (χ4n) is 4.70. The van der Waals surface area contributed by atoms with E-state index in [2.05, 4.69) is 13.8 Å². The van der Waals surface area contributed by atoms with Crippen LogP contribution in [0.5, 0.6) is 17.2 Å². The molecule has 2 aromatic carbocycles. The molecule has 1 heterocycles. The Morgan fingerprint density at radius 2 is 1.90 bits per heavy atom. The molecular weight excluding hydrogens is 384 g/mol. The van der Waals surface area contributed by atoms with E-state index in [0.717, 1.165) is 11.1 Å². The third kappa shape index (κ3) is 3.02. The number of ether oxygens (including phenoxy) is 4. The van der Waals surface area contributed by atoms with Crippen LogP contribution in [0.15, 0.2) is 42.5 Å². The molecule has 0 N–H and O–H groups in total. The average Bonchev–Trinajstić information content (AvgIpc) is 2.72. The summed E-state index contributed by atoms with van der Waals surface area (Å²) >= 11 is 0. The standard InChI is InChI=1S/C24H26O6/c1-14(2)17-12-24(22(25)29-13-15-8-6-5-7-9-15)21(17)20-18(28-4)10-16(27-3)11-19(20)30-23(24)26/h5-11,14,17,21H,12-13H2,1-4H3/t17-,21+,24+/m1/s1. The van der Waals surface area contributed by atoms with Gasteiger partial charge >= 0.3 is 11.9 Å². The van der Waals surface area contributed by atoms with Crippen molar-refractivity contribution in [2.45, 2.75) is 32.8 Å². The van der Waals surface area contributed by atoms with Crippen molar-refractivity contribution in [2.75, 3.05) is 14.2 Å². The van der Waals surface area contributed by atoms with Crippen LogP contribution >= 0.6 is 0 Å². The van der Waals surface area contributed by atoms with Crippen molar-refractivity contribution in [1.82, 2.24) is 0 Å². The maximum atomic E-state index is 13.3. The van der Waals surface area contributed by atoms with Gasteiger partial charge in [0, 0.05) is 23.6 Å².